The highest BCUT2D eigenvalue weighted by Gasteiger charge is 2.20. The summed E-state index contributed by atoms with van der Waals surface area (Å²) in [5.74, 6) is -0.307. The van der Waals surface area contributed by atoms with E-state index in [9.17, 15) is 9.59 Å². The number of hydrogen-bond acceptors (Lipinski definition) is 3. The first-order valence-corrected chi connectivity index (χ1v) is 6.89. The average Bonchev–Trinajstić information content (AvgIpc) is 2.35. The molecule has 0 saturated heterocycles. The zero-order valence-electron chi connectivity index (χ0n) is 10.8. The predicted octanol–water partition coefficient (Wildman–Crippen LogP) is 1.95. The van der Waals surface area contributed by atoms with Gasteiger partial charge in [-0.25, -0.2) is 0 Å². The average molecular weight is 301 g/mol. The van der Waals surface area contributed by atoms with Crippen molar-refractivity contribution in [3.8, 4) is 0 Å². The van der Waals surface area contributed by atoms with Crippen molar-refractivity contribution in [2.75, 3.05) is 5.75 Å². The molecule has 0 heterocycles. The largest absolute Gasteiger partial charge is 0.348 e. The molecule has 0 spiro atoms. The van der Waals surface area contributed by atoms with E-state index in [0.717, 1.165) is 5.56 Å². The van der Waals surface area contributed by atoms with Gasteiger partial charge in [0.05, 0.1) is 6.04 Å². The molecule has 0 fully saturated rings. The fraction of sp³-hybridized carbons (Fsp3) is 0.385. The number of nitrogens with one attached hydrogen (secondary N) is 2. The van der Waals surface area contributed by atoms with E-state index in [1.165, 1.54) is 6.92 Å². The van der Waals surface area contributed by atoms with Gasteiger partial charge in [0.15, 0.2) is 0 Å². The van der Waals surface area contributed by atoms with Crippen LogP contribution in [-0.2, 0) is 9.59 Å². The third-order valence-corrected chi connectivity index (χ3v) is 3.32. The van der Waals surface area contributed by atoms with Gasteiger partial charge in [-0.2, -0.15) is 12.6 Å². The Balaban J connectivity index is 2.70. The van der Waals surface area contributed by atoms with Crippen LogP contribution in [0.5, 0.6) is 0 Å². The number of thiol groups is 1. The molecule has 6 heteroatoms. The fourth-order valence-electron chi connectivity index (χ4n) is 1.66. The van der Waals surface area contributed by atoms with E-state index in [0.29, 0.717) is 5.02 Å². The van der Waals surface area contributed by atoms with Gasteiger partial charge in [0.1, 0.15) is 6.04 Å². The van der Waals surface area contributed by atoms with Crippen molar-refractivity contribution in [3.63, 3.8) is 0 Å². The van der Waals surface area contributed by atoms with Gasteiger partial charge in [-0.1, -0.05) is 29.8 Å². The first-order chi connectivity index (χ1) is 8.95. The Hall–Kier alpha value is -1.20. The molecule has 2 atom stereocenters. The first kappa shape index (κ1) is 15.9. The van der Waals surface area contributed by atoms with Crippen LogP contribution < -0.4 is 10.6 Å². The molecule has 19 heavy (non-hydrogen) atoms. The Morgan fingerprint density at radius 1 is 1.32 bits per heavy atom. The summed E-state index contributed by atoms with van der Waals surface area (Å²) < 4.78 is 0. The van der Waals surface area contributed by atoms with E-state index in [2.05, 4.69) is 23.3 Å². The molecule has 0 saturated carbocycles. The molecule has 0 bridgehead atoms. The van der Waals surface area contributed by atoms with E-state index in [1.54, 1.807) is 6.07 Å². The lowest BCUT2D eigenvalue weighted by Gasteiger charge is -2.20. The van der Waals surface area contributed by atoms with Crippen molar-refractivity contribution >= 4 is 36.0 Å². The quantitative estimate of drug-likeness (QED) is 0.728. The van der Waals surface area contributed by atoms with Gasteiger partial charge in [-0.05, 0) is 18.6 Å². The van der Waals surface area contributed by atoms with E-state index >= 15 is 0 Å². The predicted molar refractivity (Wildman–Crippen MR) is 79.5 cm³/mol. The second-order valence-electron chi connectivity index (χ2n) is 4.19. The lowest BCUT2D eigenvalue weighted by Crippen LogP contribution is -2.47. The third-order valence-electron chi connectivity index (χ3n) is 2.61. The smallest absolute Gasteiger partial charge is 0.243 e. The minimum Gasteiger partial charge on any atom is -0.348 e. The van der Waals surface area contributed by atoms with Crippen LogP contribution in [0.3, 0.4) is 0 Å². The fourth-order valence-corrected chi connectivity index (χ4v) is 2.21. The van der Waals surface area contributed by atoms with E-state index in [4.69, 9.17) is 11.6 Å². The van der Waals surface area contributed by atoms with Crippen molar-refractivity contribution in [2.24, 2.45) is 0 Å². The zero-order chi connectivity index (χ0) is 14.4. The van der Waals surface area contributed by atoms with Gasteiger partial charge < -0.3 is 10.6 Å². The summed E-state index contributed by atoms with van der Waals surface area (Å²) in [5, 5.41) is 5.94. The topological polar surface area (TPSA) is 58.2 Å². The third kappa shape index (κ3) is 4.76. The maximum atomic E-state index is 12.0. The van der Waals surface area contributed by atoms with Crippen LogP contribution in [-0.4, -0.2) is 23.6 Å². The second-order valence-corrected chi connectivity index (χ2v) is 4.96. The molecule has 2 N–H and O–H groups in total. The summed E-state index contributed by atoms with van der Waals surface area (Å²) in [6, 6.07) is 6.41. The number of carbonyl (C=O) groups is 2. The van der Waals surface area contributed by atoms with Gasteiger partial charge in [-0.15, -0.1) is 0 Å². The van der Waals surface area contributed by atoms with Gasteiger partial charge in [-0.3, -0.25) is 9.59 Å². The monoisotopic (exact) mass is 300 g/mol. The van der Waals surface area contributed by atoms with Crippen LogP contribution in [0.2, 0.25) is 5.02 Å². The summed E-state index contributed by atoms with van der Waals surface area (Å²) in [6.45, 7) is 3.20. The molecule has 1 aromatic carbocycles. The minimum absolute atomic E-state index is 0.237. The van der Waals surface area contributed by atoms with Crippen LogP contribution >= 0.6 is 24.2 Å². The van der Waals surface area contributed by atoms with E-state index in [1.807, 2.05) is 25.1 Å². The van der Waals surface area contributed by atoms with Crippen LogP contribution in [0.4, 0.5) is 0 Å². The number of carbonyl (C=O) groups excluding carboxylic acids is 2. The summed E-state index contributed by atoms with van der Waals surface area (Å²) in [7, 11) is 0. The molecule has 2 unspecified atom stereocenters. The lowest BCUT2D eigenvalue weighted by atomic mass is 10.1. The summed E-state index contributed by atoms with van der Waals surface area (Å²) >= 11 is 10.1. The van der Waals surface area contributed by atoms with Gasteiger partial charge in [0.25, 0.3) is 0 Å². The Morgan fingerprint density at radius 3 is 2.47 bits per heavy atom. The number of amides is 2. The zero-order valence-corrected chi connectivity index (χ0v) is 12.5. The molecule has 2 amide bonds. The van der Waals surface area contributed by atoms with Crippen molar-refractivity contribution in [1.82, 2.24) is 10.6 Å². The second kappa shape index (κ2) is 7.40. The maximum absolute atomic E-state index is 12.0. The normalized spacial score (nSPS) is 13.5. The number of halogens is 1. The maximum Gasteiger partial charge on any atom is 0.243 e. The van der Waals surface area contributed by atoms with E-state index < -0.39 is 6.04 Å². The molecule has 104 valence electrons. The lowest BCUT2D eigenvalue weighted by molar-refractivity contribution is -0.127. The Labute approximate surface area is 123 Å². The summed E-state index contributed by atoms with van der Waals surface area (Å²) in [6.07, 6.45) is 0. The van der Waals surface area contributed by atoms with Crippen LogP contribution in [0.1, 0.15) is 25.5 Å². The highest BCUT2D eigenvalue weighted by Crippen LogP contribution is 2.22. The molecule has 0 aliphatic carbocycles. The Kier molecular flexibility index (Phi) is 6.18. The standard InChI is InChI=1S/C13H17ClN2O2S/c1-8(10-5-3-4-6-11(10)14)15-13(18)12(7-19)16-9(2)17/h3-6,8,12,19H,7H2,1-2H3,(H,15,18)(H,16,17). The summed E-state index contributed by atoms with van der Waals surface area (Å²) in [4.78, 5) is 23.0. The Morgan fingerprint density at radius 2 is 1.95 bits per heavy atom. The SMILES string of the molecule is CC(=O)NC(CS)C(=O)NC(C)c1ccccc1Cl. The van der Waals surface area contributed by atoms with Crippen molar-refractivity contribution in [1.29, 1.82) is 0 Å². The highest BCUT2D eigenvalue weighted by atomic mass is 35.5. The van der Waals surface area contributed by atoms with Crippen LogP contribution in [0.15, 0.2) is 24.3 Å². The van der Waals surface area contributed by atoms with Gasteiger partial charge in [0, 0.05) is 17.7 Å². The van der Waals surface area contributed by atoms with Crippen LogP contribution in [0.25, 0.3) is 0 Å². The summed E-state index contributed by atoms with van der Waals surface area (Å²) in [5.41, 5.74) is 0.832. The molecule has 4 nitrogen and oxygen atoms in total. The van der Waals surface area contributed by atoms with Crippen molar-refractivity contribution < 1.29 is 9.59 Å². The molecule has 0 aliphatic heterocycles. The van der Waals surface area contributed by atoms with Crippen molar-refractivity contribution in [2.45, 2.75) is 25.9 Å². The van der Waals surface area contributed by atoms with Gasteiger partial charge in [0.2, 0.25) is 11.8 Å². The number of benzene rings is 1. The molecule has 0 aromatic heterocycles. The minimum atomic E-state index is -0.647. The van der Waals surface area contributed by atoms with Gasteiger partial charge >= 0.3 is 0 Å². The van der Waals surface area contributed by atoms with E-state index in [-0.39, 0.29) is 23.6 Å². The molecule has 0 aliphatic rings. The molecule has 1 rings (SSSR count). The van der Waals surface area contributed by atoms with Crippen molar-refractivity contribution in [3.05, 3.63) is 34.9 Å². The first-order valence-electron chi connectivity index (χ1n) is 5.88. The number of hydrogen-bond donors (Lipinski definition) is 3. The Bertz CT molecular complexity index is 468. The van der Waals surface area contributed by atoms with Crippen LogP contribution in [0, 0.1) is 0 Å². The molecular weight excluding hydrogens is 284 g/mol. The highest BCUT2D eigenvalue weighted by molar-refractivity contribution is 7.80. The molecular formula is C13H17ClN2O2S. The number of rotatable bonds is 5. The molecule has 1 aromatic rings. The molecule has 0 radical (unpaired) electrons.